The Kier molecular flexibility index (Phi) is 2.93. The molecular formula is C13H14. The first-order valence-corrected chi connectivity index (χ1v) is 4.35. The summed E-state index contributed by atoms with van der Waals surface area (Å²) in [4.78, 5) is 0. The van der Waals surface area contributed by atoms with Crippen LogP contribution in [-0.4, -0.2) is 0 Å². The zero-order chi connectivity index (χ0) is 9.84. The Hall–Kier alpha value is -1.48. The highest BCUT2D eigenvalue weighted by Crippen LogP contribution is 2.14. The minimum Gasteiger partial charge on any atom is -0.0906 e. The maximum atomic E-state index is 3.58. The first-order valence-electron chi connectivity index (χ1n) is 4.35. The molecule has 0 unspecified atom stereocenters. The van der Waals surface area contributed by atoms with Gasteiger partial charge in [0.15, 0.2) is 0 Å². The van der Waals surface area contributed by atoms with E-state index in [1.807, 2.05) is 0 Å². The smallest absolute Gasteiger partial charge is 0.0307 e. The highest BCUT2D eigenvalue weighted by atomic mass is 14.0. The number of allylic oxidation sites excluding steroid dienone is 1. The molecule has 0 aromatic heterocycles. The van der Waals surface area contributed by atoms with E-state index in [-0.39, 0.29) is 0 Å². The number of benzene rings is 1. The third-order valence-electron chi connectivity index (χ3n) is 1.98. The summed E-state index contributed by atoms with van der Waals surface area (Å²) in [6, 6.07) is 4.31. The van der Waals surface area contributed by atoms with E-state index in [0.717, 1.165) is 5.56 Å². The van der Waals surface area contributed by atoms with Gasteiger partial charge < -0.3 is 0 Å². The summed E-state index contributed by atoms with van der Waals surface area (Å²) < 4.78 is 0. The van der Waals surface area contributed by atoms with Gasteiger partial charge in [0.25, 0.3) is 0 Å². The molecule has 0 nitrogen and oxygen atoms in total. The van der Waals surface area contributed by atoms with Crippen molar-refractivity contribution in [2.45, 2.75) is 20.8 Å². The number of hydrogen-bond donors (Lipinski definition) is 0. The van der Waals surface area contributed by atoms with Gasteiger partial charge in [-0.2, -0.15) is 0 Å². The summed E-state index contributed by atoms with van der Waals surface area (Å²) in [6.45, 7) is 9.86. The summed E-state index contributed by atoms with van der Waals surface area (Å²) in [5.74, 6) is 5.97. The lowest BCUT2D eigenvalue weighted by Crippen LogP contribution is -1.89. The summed E-state index contributed by atoms with van der Waals surface area (Å²) in [6.07, 6.45) is 1.62. The van der Waals surface area contributed by atoms with Gasteiger partial charge in [-0.15, -0.1) is 0 Å². The van der Waals surface area contributed by atoms with Crippen LogP contribution < -0.4 is 0 Å². The fourth-order valence-electron chi connectivity index (χ4n) is 1.50. The average Bonchev–Trinajstić information content (AvgIpc) is 2.02. The summed E-state index contributed by atoms with van der Waals surface area (Å²) in [7, 11) is 0. The largest absolute Gasteiger partial charge is 0.0906 e. The third-order valence-corrected chi connectivity index (χ3v) is 1.98. The molecule has 0 aliphatic carbocycles. The molecule has 0 saturated heterocycles. The van der Waals surface area contributed by atoms with Gasteiger partial charge in [0.05, 0.1) is 0 Å². The molecule has 0 fully saturated rings. The van der Waals surface area contributed by atoms with Crippen LogP contribution in [0.4, 0.5) is 0 Å². The third kappa shape index (κ3) is 2.23. The molecule has 0 amide bonds. The van der Waals surface area contributed by atoms with Gasteiger partial charge in [0.2, 0.25) is 0 Å². The van der Waals surface area contributed by atoms with Crippen molar-refractivity contribution in [1.29, 1.82) is 0 Å². The lowest BCUT2D eigenvalue weighted by Gasteiger charge is -2.04. The average molecular weight is 170 g/mol. The molecule has 0 aliphatic rings. The molecule has 1 aromatic rings. The van der Waals surface area contributed by atoms with Crippen LogP contribution in [0.5, 0.6) is 0 Å². The summed E-state index contributed by atoms with van der Waals surface area (Å²) in [5, 5.41) is 0. The van der Waals surface area contributed by atoms with E-state index in [0.29, 0.717) is 0 Å². The number of rotatable bonds is 0. The van der Waals surface area contributed by atoms with Crippen molar-refractivity contribution < 1.29 is 0 Å². The zero-order valence-electron chi connectivity index (χ0n) is 8.44. The molecule has 0 N–H and O–H groups in total. The summed E-state index contributed by atoms with van der Waals surface area (Å²) >= 11 is 0. The van der Waals surface area contributed by atoms with Gasteiger partial charge >= 0.3 is 0 Å². The Morgan fingerprint density at radius 1 is 1.15 bits per heavy atom. The zero-order valence-corrected chi connectivity index (χ0v) is 8.44. The molecule has 1 rings (SSSR count). The normalized spacial score (nSPS) is 8.85. The second kappa shape index (κ2) is 3.96. The SMILES string of the molecule is C=CC#Cc1c(C)cc(C)cc1C. The van der Waals surface area contributed by atoms with Gasteiger partial charge in [-0.05, 0) is 38.0 Å². The Labute approximate surface area is 80.3 Å². The molecule has 0 bridgehead atoms. The van der Waals surface area contributed by atoms with E-state index < -0.39 is 0 Å². The van der Waals surface area contributed by atoms with Gasteiger partial charge in [-0.25, -0.2) is 0 Å². The van der Waals surface area contributed by atoms with Crippen molar-refractivity contribution >= 4 is 0 Å². The highest BCUT2D eigenvalue weighted by molar-refractivity contribution is 5.49. The second-order valence-corrected chi connectivity index (χ2v) is 3.25. The molecule has 0 heterocycles. The van der Waals surface area contributed by atoms with Crippen LogP contribution in [0.2, 0.25) is 0 Å². The Morgan fingerprint density at radius 2 is 1.69 bits per heavy atom. The van der Waals surface area contributed by atoms with Gasteiger partial charge in [0.1, 0.15) is 0 Å². The lowest BCUT2D eigenvalue weighted by atomic mass is 10.0. The highest BCUT2D eigenvalue weighted by Gasteiger charge is 1.99. The lowest BCUT2D eigenvalue weighted by molar-refractivity contribution is 1.30. The molecule has 0 spiro atoms. The van der Waals surface area contributed by atoms with Gasteiger partial charge in [0, 0.05) is 5.56 Å². The van der Waals surface area contributed by atoms with Crippen molar-refractivity contribution in [3.8, 4) is 11.8 Å². The summed E-state index contributed by atoms with van der Waals surface area (Å²) in [5.41, 5.74) is 4.91. The Morgan fingerprint density at radius 3 is 2.15 bits per heavy atom. The first kappa shape index (κ1) is 9.61. The first-order chi connectivity index (χ1) is 6.15. The monoisotopic (exact) mass is 170 g/mol. The van der Waals surface area contributed by atoms with E-state index in [1.165, 1.54) is 16.7 Å². The molecular weight excluding hydrogens is 156 g/mol. The van der Waals surface area contributed by atoms with Crippen molar-refractivity contribution in [2.24, 2.45) is 0 Å². The van der Waals surface area contributed by atoms with E-state index in [4.69, 9.17) is 0 Å². The quantitative estimate of drug-likeness (QED) is 0.525. The van der Waals surface area contributed by atoms with Crippen LogP contribution in [0.15, 0.2) is 24.8 Å². The molecule has 0 atom stereocenters. The topological polar surface area (TPSA) is 0 Å². The fourth-order valence-corrected chi connectivity index (χ4v) is 1.50. The molecule has 66 valence electrons. The molecule has 13 heavy (non-hydrogen) atoms. The van der Waals surface area contributed by atoms with Crippen LogP contribution in [-0.2, 0) is 0 Å². The van der Waals surface area contributed by atoms with Crippen molar-refractivity contribution in [2.75, 3.05) is 0 Å². The minimum atomic E-state index is 1.13. The molecule has 0 saturated carbocycles. The molecule has 0 aliphatic heterocycles. The number of hydrogen-bond acceptors (Lipinski definition) is 0. The van der Waals surface area contributed by atoms with E-state index >= 15 is 0 Å². The van der Waals surface area contributed by atoms with Crippen molar-refractivity contribution in [1.82, 2.24) is 0 Å². The van der Waals surface area contributed by atoms with Gasteiger partial charge in [-0.3, -0.25) is 0 Å². The van der Waals surface area contributed by atoms with Crippen LogP contribution in [0.1, 0.15) is 22.3 Å². The van der Waals surface area contributed by atoms with Crippen LogP contribution in [0, 0.1) is 32.6 Å². The van der Waals surface area contributed by atoms with Crippen LogP contribution >= 0.6 is 0 Å². The van der Waals surface area contributed by atoms with Gasteiger partial charge in [-0.1, -0.05) is 36.1 Å². The molecule has 1 aromatic carbocycles. The predicted molar refractivity (Wildman–Crippen MR) is 57.7 cm³/mol. The predicted octanol–water partition coefficient (Wildman–Crippen LogP) is 3.15. The standard InChI is InChI=1S/C13H14/c1-5-6-7-13-11(3)8-10(2)9-12(13)4/h5,8-9H,1H2,2-4H3. The second-order valence-electron chi connectivity index (χ2n) is 3.25. The van der Waals surface area contributed by atoms with E-state index in [9.17, 15) is 0 Å². The molecule has 0 radical (unpaired) electrons. The van der Waals surface area contributed by atoms with Crippen molar-refractivity contribution in [3.63, 3.8) is 0 Å². The van der Waals surface area contributed by atoms with E-state index in [1.54, 1.807) is 6.08 Å². The Bertz CT molecular complexity index is 363. The molecule has 0 heteroatoms. The number of aryl methyl sites for hydroxylation is 3. The fraction of sp³-hybridized carbons (Fsp3) is 0.231. The van der Waals surface area contributed by atoms with Crippen LogP contribution in [0.25, 0.3) is 0 Å². The minimum absolute atomic E-state index is 1.13. The maximum absolute atomic E-state index is 3.58. The van der Waals surface area contributed by atoms with Crippen LogP contribution in [0.3, 0.4) is 0 Å². The van der Waals surface area contributed by atoms with Crippen molar-refractivity contribution in [3.05, 3.63) is 47.0 Å². The Balaban J connectivity index is 3.28. The maximum Gasteiger partial charge on any atom is 0.0307 e. The van der Waals surface area contributed by atoms with E-state index in [2.05, 4.69) is 51.3 Å².